The summed E-state index contributed by atoms with van der Waals surface area (Å²) in [5.74, 6) is -0.103. The number of hydrogen-bond donors (Lipinski definition) is 1. The molecule has 19 heavy (non-hydrogen) atoms. The van der Waals surface area contributed by atoms with Crippen molar-refractivity contribution in [1.29, 1.82) is 0 Å². The minimum absolute atomic E-state index is 0.103. The van der Waals surface area contributed by atoms with Crippen LogP contribution in [0, 0.1) is 20.8 Å². The van der Waals surface area contributed by atoms with E-state index in [0.717, 1.165) is 27.0 Å². The van der Waals surface area contributed by atoms with Crippen molar-refractivity contribution in [2.24, 2.45) is 0 Å². The first kappa shape index (κ1) is 13.7. The average Bonchev–Trinajstić information content (AvgIpc) is 2.36. The summed E-state index contributed by atoms with van der Waals surface area (Å²) in [6.45, 7) is 5.77. The number of hydrogen-bond acceptors (Lipinski definition) is 2. The number of aryl methyl sites for hydroxylation is 2. The summed E-state index contributed by atoms with van der Waals surface area (Å²) >= 11 is 3.41. The molecule has 1 aromatic heterocycles. The standard InChI is InChI=1S/C15H15BrN2O/c1-9-8-12(16)4-5-14(9)18-15(19)13-6-7-17-11(3)10(13)2/h4-8H,1-3H3,(H,18,19). The van der Waals surface area contributed by atoms with E-state index in [1.807, 2.05) is 39.0 Å². The number of carbonyl (C=O) groups excluding carboxylic acids is 1. The molecule has 0 aliphatic heterocycles. The second-order valence-electron chi connectivity index (χ2n) is 4.48. The summed E-state index contributed by atoms with van der Waals surface area (Å²) in [5, 5.41) is 2.93. The molecule has 4 heteroatoms. The molecule has 98 valence electrons. The summed E-state index contributed by atoms with van der Waals surface area (Å²) in [6.07, 6.45) is 1.66. The van der Waals surface area contributed by atoms with E-state index in [2.05, 4.69) is 26.2 Å². The molecule has 1 aromatic carbocycles. The minimum atomic E-state index is -0.103. The maximum absolute atomic E-state index is 12.3. The number of nitrogens with one attached hydrogen (secondary N) is 1. The Morgan fingerprint density at radius 1 is 1.21 bits per heavy atom. The van der Waals surface area contributed by atoms with Gasteiger partial charge in [0, 0.05) is 27.6 Å². The van der Waals surface area contributed by atoms with Crippen LogP contribution in [0.15, 0.2) is 34.9 Å². The van der Waals surface area contributed by atoms with Crippen molar-refractivity contribution in [3.8, 4) is 0 Å². The van der Waals surface area contributed by atoms with Crippen molar-refractivity contribution < 1.29 is 4.79 Å². The molecule has 0 radical (unpaired) electrons. The molecule has 2 rings (SSSR count). The Morgan fingerprint density at radius 3 is 2.63 bits per heavy atom. The van der Waals surface area contributed by atoms with E-state index in [-0.39, 0.29) is 5.91 Å². The van der Waals surface area contributed by atoms with Crippen molar-refractivity contribution in [3.05, 3.63) is 57.3 Å². The monoisotopic (exact) mass is 318 g/mol. The van der Waals surface area contributed by atoms with Gasteiger partial charge in [0.15, 0.2) is 0 Å². The van der Waals surface area contributed by atoms with Crippen LogP contribution in [-0.2, 0) is 0 Å². The zero-order chi connectivity index (χ0) is 14.0. The molecule has 0 saturated carbocycles. The van der Waals surface area contributed by atoms with E-state index in [0.29, 0.717) is 5.56 Å². The number of aromatic nitrogens is 1. The number of halogens is 1. The van der Waals surface area contributed by atoms with Crippen LogP contribution in [0.5, 0.6) is 0 Å². The molecule has 0 unspecified atom stereocenters. The normalized spacial score (nSPS) is 10.3. The SMILES string of the molecule is Cc1cc(Br)ccc1NC(=O)c1ccnc(C)c1C. The van der Waals surface area contributed by atoms with Gasteiger partial charge in [0.25, 0.3) is 5.91 Å². The third kappa shape index (κ3) is 3.01. The molecule has 0 bridgehead atoms. The Labute approximate surface area is 121 Å². The van der Waals surface area contributed by atoms with Crippen LogP contribution in [0.3, 0.4) is 0 Å². The lowest BCUT2D eigenvalue weighted by Gasteiger charge is -2.11. The zero-order valence-corrected chi connectivity index (χ0v) is 12.7. The largest absolute Gasteiger partial charge is 0.322 e. The first-order valence-corrected chi connectivity index (χ1v) is 6.78. The van der Waals surface area contributed by atoms with Crippen molar-refractivity contribution in [3.63, 3.8) is 0 Å². The third-order valence-corrected chi connectivity index (χ3v) is 3.63. The van der Waals surface area contributed by atoms with Crippen LogP contribution in [-0.4, -0.2) is 10.9 Å². The fourth-order valence-electron chi connectivity index (χ4n) is 1.84. The molecule has 0 aliphatic carbocycles. The van der Waals surface area contributed by atoms with E-state index >= 15 is 0 Å². The number of anilines is 1. The quantitative estimate of drug-likeness (QED) is 0.908. The Hall–Kier alpha value is -1.68. The van der Waals surface area contributed by atoms with Crippen LogP contribution in [0.25, 0.3) is 0 Å². The first-order valence-electron chi connectivity index (χ1n) is 5.98. The molecule has 2 aromatic rings. The third-order valence-electron chi connectivity index (χ3n) is 3.14. The van der Waals surface area contributed by atoms with Crippen molar-refractivity contribution in [1.82, 2.24) is 4.98 Å². The van der Waals surface area contributed by atoms with Crippen LogP contribution < -0.4 is 5.32 Å². The maximum atomic E-state index is 12.3. The van der Waals surface area contributed by atoms with Crippen molar-refractivity contribution in [2.45, 2.75) is 20.8 Å². The summed E-state index contributed by atoms with van der Waals surface area (Å²) in [6, 6.07) is 7.51. The van der Waals surface area contributed by atoms with Gasteiger partial charge >= 0.3 is 0 Å². The van der Waals surface area contributed by atoms with Gasteiger partial charge in [-0.3, -0.25) is 9.78 Å². The van der Waals surface area contributed by atoms with E-state index in [4.69, 9.17) is 0 Å². The van der Waals surface area contributed by atoms with Gasteiger partial charge in [0.1, 0.15) is 0 Å². The van der Waals surface area contributed by atoms with E-state index in [1.54, 1.807) is 12.3 Å². The topological polar surface area (TPSA) is 42.0 Å². The summed E-state index contributed by atoms with van der Waals surface area (Å²) in [7, 11) is 0. The maximum Gasteiger partial charge on any atom is 0.256 e. The van der Waals surface area contributed by atoms with Crippen LogP contribution >= 0.6 is 15.9 Å². The fraction of sp³-hybridized carbons (Fsp3) is 0.200. The van der Waals surface area contributed by atoms with Crippen molar-refractivity contribution >= 4 is 27.5 Å². The highest BCUT2D eigenvalue weighted by Crippen LogP contribution is 2.21. The van der Waals surface area contributed by atoms with Crippen molar-refractivity contribution in [2.75, 3.05) is 5.32 Å². The van der Waals surface area contributed by atoms with Crippen LogP contribution in [0.4, 0.5) is 5.69 Å². The predicted molar refractivity (Wildman–Crippen MR) is 80.5 cm³/mol. The Kier molecular flexibility index (Phi) is 4.00. The van der Waals surface area contributed by atoms with E-state index in [1.165, 1.54) is 0 Å². The van der Waals surface area contributed by atoms with Gasteiger partial charge in [-0.25, -0.2) is 0 Å². The first-order chi connectivity index (χ1) is 8.99. The molecule has 1 heterocycles. The van der Waals surface area contributed by atoms with Gasteiger partial charge in [-0.05, 0) is 56.2 Å². The predicted octanol–water partition coefficient (Wildman–Crippen LogP) is 4.02. The summed E-state index contributed by atoms with van der Waals surface area (Å²) in [4.78, 5) is 16.4. The smallest absolute Gasteiger partial charge is 0.256 e. The minimum Gasteiger partial charge on any atom is -0.322 e. The lowest BCUT2D eigenvalue weighted by atomic mass is 10.1. The molecule has 0 spiro atoms. The average molecular weight is 319 g/mol. The van der Waals surface area contributed by atoms with Crippen LogP contribution in [0.2, 0.25) is 0 Å². The second kappa shape index (κ2) is 5.53. The van der Waals surface area contributed by atoms with Gasteiger partial charge in [0.2, 0.25) is 0 Å². The highest BCUT2D eigenvalue weighted by atomic mass is 79.9. The molecule has 0 atom stereocenters. The van der Waals surface area contributed by atoms with Gasteiger partial charge in [0.05, 0.1) is 0 Å². The summed E-state index contributed by atoms with van der Waals surface area (Å²) in [5.41, 5.74) is 4.29. The zero-order valence-electron chi connectivity index (χ0n) is 11.1. The molecular formula is C15H15BrN2O. The number of carbonyl (C=O) groups is 1. The Bertz CT molecular complexity index is 638. The molecule has 0 aliphatic rings. The van der Waals surface area contributed by atoms with Gasteiger partial charge in [-0.2, -0.15) is 0 Å². The lowest BCUT2D eigenvalue weighted by molar-refractivity contribution is 0.102. The fourth-order valence-corrected chi connectivity index (χ4v) is 2.32. The molecular weight excluding hydrogens is 304 g/mol. The second-order valence-corrected chi connectivity index (χ2v) is 5.40. The Balaban J connectivity index is 2.28. The number of pyridine rings is 1. The number of amides is 1. The van der Waals surface area contributed by atoms with Gasteiger partial charge in [-0.1, -0.05) is 15.9 Å². The van der Waals surface area contributed by atoms with E-state index in [9.17, 15) is 4.79 Å². The Morgan fingerprint density at radius 2 is 1.95 bits per heavy atom. The van der Waals surface area contributed by atoms with Gasteiger partial charge in [-0.15, -0.1) is 0 Å². The number of benzene rings is 1. The number of nitrogens with zero attached hydrogens (tertiary/aromatic N) is 1. The molecule has 0 saturated heterocycles. The van der Waals surface area contributed by atoms with Crippen LogP contribution in [0.1, 0.15) is 27.2 Å². The highest BCUT2D eigenvalue weighted by molar-refractivity contribution is 9.10. The van der Waals surface area contributed by atoms with Gasteiger partial charge < -0.3 is 5.32 Å². The van der Waals surface area contributed by atoms with E-state index < -0.39 is 0 Å². The lowest BCUT2D eigenvalue weighted by Crippen LogP contribution is -2.15. The number of rotatable bonds is 2. The summed E-state index contributed by atoms with van der Waals surface area (Å²) < 4.78 is 0.999. The highest BCUT2D eigenvalue weighted by Gasteiger charge is 2.12. The molecule has 1 amide bonds. The molecule has 3 nitrogen and oxygen atoms in total. The molecule has 0 fully saturated rings. The molecule has 1 N–H and O–H groups in total.